The first-order valence-electron chi connectivity index (χ1n) is 13.8. The van der Waals surface area contributed by atoms with Gasteiger partial charge in [0.25, 0.3) is 5.91 Å². The Morgan fingerprint density at radius 2 is 1.85 bits per heavy atom. The maximum Gasteiger partial charge on any atom is 0.330 e. The predicted octanol–water partition coefficient (Wildman–Crippen LogP) is 2.51. The zero-order valence-corrected chi connectivity index (χ0v) is 24.8. The molecule has 218 valence electrons. The third-order valence-corrected chi connectivity index (χ3v) is 8.82. The quantitative estimate of drug-likeness (QED) is 0.347. The number of rotatable bonds is 8. The molecule has 2 amide bonds. The first-order valence-corrected chi connectivity index (χ1v) is 14.7. The number of β-amino-alcohol motifs (C(OH)–C–C–N with tert-alkyl or cyclic N) is 1. The number of aryl methyl sites for hydroxylation is 2. The van der Waals surface area contributed by atoms with Gasteiger partial charge in [-0.1, -0.05) is 45.0 Å². The molecule has 0 bridgehead atoms. The maximum absolute atomic E-state index is 14.1. The number of hydrogen-bond acceptors (Lipinski definition) is 7. The minimum atomic E-state index is -1.32. The van der Waals surface area contributed by atoms with Gasteiger partial charge in [-0.2, -0.15) is 0 Å². The Kier molecular flexibility index (Phi) is 7.73. The van der Waals surface area contributed by atoms with Gasteiger partial charge in [0.05, 0.1) is 27.4 Å². The molecular weight excluding hydrogens is 544 g/mol. The second kappa shape index (κ2) is 11.0. The van der Waals surface area contributed by atoms with Crippen LogP contribution >= 0.6 is 11.3 Å². The third-order valence-electron chi connectivity index (χ3n) is 7.84. The summed E-state index contributed by atoms with van der Waals surface area (Å²) >= 11 is 1.50. The molecule has 0 radical (unpaired) electrons. The highest BCUT2D eigenvalue weighted by Gasteiger charge is 2.48. The zero-order chi connectivity index (χ0) is 29.6. The average Bonchev–Trinajstić information content (AvgIpc) is 3.35. The molecule has 0 unspecified atom stereocenters. The number of aromatic nitrogens is 4. The van der Waals surface area contributed by atoms with E-state index in [4.69, 9.17) is 0 Å². The molecule has 41 heavy (non-hydrogen) atoms. The van der Waals surface area contributed by atoms with E-state index < -0.39 is 41.5 Å². The molecule has 3 N–H and O–H groups in total. The second-order valence-corrected chi connectivity index (χ2v) is 13.0. The molecule has 2 fully saturated rings. The van der Waals surface area contributed by atoms with Crippen molar-refractivity contribution in [1.29, 1.82) is 0 Å². The molecule has 3 aromatic rings. The van der Waals surface area contributed by atoms with Gasteiger partial charge in [0.2, 0.25) is 11.9 Å². The van der Waals surface area contributed by atoms with E-state index in [1.807, 2.05) is 40.9 Å². The zero-order valence-electron chi connectivity index (χ0n) is 23.9. The summed E-state index contributed by atoms with van der Waals surface area (Å²) in [5, 5.41) is 27.8. The molecule has 2 aromatic heterocycles. The monoisotopic (exact) mass is 581 g/mol. The SMILES string of the molecule is Cc1ncsc1-c1ccc([C@@H](NC(=O)[C@@H]2C[C@@H](O)CN2C(=O)[C@@H]([n+]2cc(C3CC3)n(C)n2)C(C)(C)C)C(=O)O)cc1. The number of carboxylic acids is 1. The van der Waals surface area contributed by atoms with Gasteiger partial charge in [0, 0.05) is 24.3 Å². The second-order valence-electron chi connectivity index (χ2n) is 12.2. The summed E-state index contributed by atoms with van der Waals surface area (Å²) in [6.07, 6.45) is 3.20. The fraction of sp³-hybridized carbons (Fsp3) is 0.517. The molecule has 1 saturated carbocycles. The number of nitrogens with one attached hydrogen (secondary N) is 1. The lowest BCUT2D eigenvalue weighted by molar-refractivity contribution is -0.777. The molecule has 12 heteroatoms. The van der Waals surface area contributed by atoms with Crippen molar-refractivity contribution in [3.05, 3.63) is 52.9 Å². The van der Waals surface area contributed by atoms with Crippen molar-refractivity contribution in [2.24, 2.45) is 12.5 Å². The largest absolute Gasteiger partial charge is 0.479 e. The summed E-state index contributed by atoms with van der Waals surface area (Å²) in [7, 11) is 1.86. The van der Waals surface area contributed by atoms with Crippen LogP contribution in [0, 0.1) is 12.3 Å². The third kappa shape index (κ3) is 5.89. The molecule has 4 atom stereocenters. The Labute approximate surface area is 242 Å². The standard InChI is InChI=1S/C29H36N6O5S/c1-16-24(41-15-30-16)19-10-8-18(9-11-19)23(28(39)40)31-26(37)21-12-20(36)13-34(21)27(38)25(29(2,3)4)35-14-22(17-6-7-17)33(5)32-35/h8-11,14-15,17,20-21,23,25,36H,6-7,12-13H2,1-5H3,(H-,31,37,39,40)/p+1/t20-,21+,23-,25-/m1/s1. The lowest BCUT2D eigenvalue weighted by Crippen LogP contribution is -2.58. The van der Waals surface area contributed by atoms with Crippen LogP contribution in [0.4, 0.5) is 0 Å². The average molecular weight is 582 g/mol. The fourth-order valence-corrected chi connectivity index (χ4v) is 6.41. The summed E-state index contributed by atoms with van der Waals surface area (Å²) in [5.41, 5.74) is 4.46. The topological polar surface area (TPSA) is 142 Å². The predicted molar refractivity (Wildman–Crippen MR) is 151 cm³/mol. The number of carbonyl (C=O) groups is 3. The Morgan fingerprint density at radius 3 is 2.41 bits per heavy atom. The highest BCUT2D eigenvalue weighted by molar-refractivity contribution is 7.13. The van der Waals surface area contributed by atoms with Crippen molar-refractivity contribution in [2.75, 3.05) is 6.54 Å². The van der Waals surface area contributed by atoms with Crippen molar-refractivity contribution in [1.82, 2.24) is 25.1 Å². The van der Waals surface area contributed by atoms with Crippen LogP contribution in [0.3, 0.4) is 0 Å². The molecule has 1 aliphatic heterocycles. The number of aliphatic hydroxyl groups is 1. The highest BCUT2D eigenvalue weighted by atomic mass is 32.1. The van der Waals surface area contributed by atoms with Crippen molar-refractivity contribution in [2.45, 2.75) is 77.1 Å². The van der Waals surface area contributed by atoms with Crippen molar-refractivity contribution >= 4 is 29.1 Å². The van der Waals surface area contributed by atoms with Crippen LogP contribution in [0.25, 0.3) is 10.4 Å². The number of carboxylic acid groups (broad SMARTS) is 1. The Morgan fingerprint density at radius 1 is 1.17 bits per heavy atom. The molecule has 0 spiro atoms. The molecule has 3 heterocycles. The summed E-state index contributed by atoms with van der Waals surface area (Å²) in [4.78, 5) is 46.5. The molecule has 2 aliphatic rings. The van der Waals surface area contributed by atoms with Gasteiger partial charge in [0.15, 0.2) is 17.9 Å². The lowest BCUT2D eigenvalue weighted by atomic mass is 9.85. The summed E-state index contributed by atoms with van der Waals surface area (Å²) in [6, 6.07) is 3.89. The van der Waals surface area contributed by atoms with E-state index in [1.165, 1.54) is 16.2 Å². The van der Waals surface area contributed by atoms with Gasteiger partial charge in [0.1, 0.15) is 13.1 Å². The summed E-state index contributed by atoms with van der Waals surface area (Å²) in [6.45, 7) is 7.70. The normalized spacial score (nSPS) is 20.6. The molecule has 5 rings (SSSR count). The van der Waals surface area contributed by atoms with E-state index >= 15 is 0 Å². The number of aliphatic hydroxyl groups excluding tert-OH is 1. The van der Waals surface area contributed by atoms with Gasteiger partial charge in [-0.15, -0.1) is 20.7 Å². The van der Waals surface area contributed by atoms with E-state index in [2.05, 4.69) is 15.5 Å². The first-order chi connectivity index (χ1) is 19.3. The molecule has 1 saturated heterocycles. The Hall–Kier alpha value is -3.64. The van der Waals surface area contributed by atoms with E-state index in [1.54, 1.807) is 39.1 Å². The van der Waals surface area contributed by atoms with Crippen LogP contribution in [-0.2, 0) is 21.4 Å². The van der Waals surface area contributed by atoms with Crippen molar-refractivity contribution in [3.8, 4) is 10.4 Å². The number of amides is 2. The Bertz CT molecular complexity index is 1450. The number of likely N-dealkylation sites (tertiary alicyclic amines) is 1. The number of benzene rings is 1. The van der Waals surface area contributed by atoms with Crippen LogP contribution in [0.5, 0.6) is 0 Å². The number of hydrogen-bond donors (Lipinski definition) is 3. The molecule has 1 aliphatic carbocycles. The van der Waals surface area contributed by atoms with Gasteiger partial charge in [-0.3, -0.25) is 9.59 Å². The smallest absolute Gasteiger partial charge is 0.330 e. The number of thiazole rings is 1. The summed E-state index contributed by atoms with van der Waals surface area (Å²) in [5.74, 6) is -1.75. The van der Waals surface area contributed by atoms with E-state index in [-0.39, 0.29) is 18.9 Å². The van der Waals surface area contributed by atoms with Crippen LogP contribution in [0.15, 0.2) is 36.0 Å². The first kappa shape index (κ1) is 28.9. The lowest BCUT2D eigenvalue weighted by Gasteiger charge is -2.32. The molecule has 11 nitrogen and oxygen atoms in total. The van der Waals surface area contributed by atoms with Crippen LogP contribution in [0.2, 0.25) is 0 Å². The number of carbonyl (C=O) groups excluding carboxylic acids is 2. The van der Waals surface area contributed by atoms with Crippen LogP contribution in [-0.4, -0.2) is 66.5 Å². The van der Waals surface area contributed by atoms with Gasteiger partial charge < -0.3 is 20.4 Å². The van der Waals surface area contributed by atoms with Crippen molar-refractivity contribution in [3.63, 3.8) is 0 Å². The number of nitrogens with zero attached hydrogens (tertiary/aromatic N) is 5. The molecule has 1 aromatic carbocycles. The molecular formula is C29H37N6O5S+. The van der Waals surface area contributed by atoms with Gasteiger partial charge in [-0.05, 0) is 30.9 Å². The van der Waals surface area contributed by atoms with E-state index in [0.29, 0.717) is 11.5 Å². The summed E-state index contributed by atoms with van der Waals surface area (Å²) < 4.78 is 3.47. The van der Waals surface area contributed by atoms with E-state index in [0.717, 1.165) is 34.7 Å². The van der Waals surface area contributed by atoms with Crippen LogP contribution in [0.1, 0.15) is 75.0 Å². The maximum atomic E-state index is 14.1. The van der Waals surface area contributed by atoms with E-state index in [9.17, 15) is 24.6 Å². The fourth-order valence-electron chi connectivity index (χ4n) is 5.60. The number of aliphatic carboxylic acids is 1. The van der Waals surface area contributed by atoms with Gasteiger partial charge in [-0.25, -0.2) is 9.78 Å². The Balaban J connectivity index is 1.37. The van der Waals surface area contributed by atoms with Gasteiger partial charge >= 0.3 is 5.97 Å². The highest BCUT2D eigenvalue weighted by Crippen LogP contribution is 2.39. The van der Waals surface area contributed by atoms with Crippen molar-refractivity contribution < 1.29 is 29.3 Å². The minimum absolute atomic E-state index is 0.0184. The minimum Gasteiger partial charge on any atom is -0.479 e. The van der Waals surface area contributed by atoms with Crippen LogP contribution < -0.4 is 10.00 Å².